The Kier molecular flexibility index (Phi) is 7.78. The molecule has 0 atom stereocenters. The van der Waals surface area contributed by atoms with Crippen molar-refractivity contribution in [3.8, 4) is 22.8 Å². The second kappa shape index (κ2) is 9.83. The zero-order valence-corrected chi connectivity index (χ0v) is 18.6. The molecule has 12 heteroatoms. The Morgan fingerprint density at radius 3 is 2.22 bits per heavy atom. The van der Waals surface area contributed by atoms with Gasteiger partial charge in [0, 0.05) is 11.4 Å². The van der Waals surface area contributed by atoms with E-state index < -0.39 is 0 Å². The van der Waals surface area contributed by atoms with Crippen molar-refractivity contribution in [3.63, 3.8) is 0 Å². The van der Waals surface area contributed by atoms with Crippen LogP contribution >= 0.6 is 0 Å². The first-order valence-corrected chi connectivity index (χ1v) is 7.19. The smallest absolute Gasteiger partial charge is 0.623 e. The van der Waals surface area contributed by atoms with Gasteiger partial charge < -0.3 is 15.2 Å². The first-order chi connectivity index (χ1) is 12.3. The van der Waals surface area contributed by atoms with Crippen LogP contribution in [0.2, 0.25) is 0 Å². The third-order valence-electron chi connectivity index (χ3n) is 3.41. The summed E-state index contributed by atoms with van der Waals surface area (Å²) in [6.07, 6.45) is 0. The topological polar surface area (TPSA) is 138 Å². The molecule has 2 aromatic heterocycles. The molecule has 4 rings (SSSR count). The first kappa shape index (κ1) is 21.4. The Bertz CT molecular complexity index is 971. The van der Waals surface area contributed by atoms with Gasteiger partial charge in [0.2, 0.25) is 5.82 Å². The molecule has 4 aromatic rings. The van der Waals surface area contributed by atoms with Gasteiger partial charge in [-0.05, 0) is 16.3 Å². The van der Waals surface area contributed by atoms with Crippen molar-refractivity contribution >= 4 is 11.6 Å². The molecule has 27 heavy (non-hydrogen) atoms. The van der Waals surface area contributed by atoms with Crippen molar-refractivity contribution in [2.45, 2.75) is 0 Å². The Labute approximate surface area is 197 Å². The Balaban J connectivity index is 0.00000131. The SMILES string of the molecule is O=C([N-]c1ccc(-c2nn[nH]n2)cc1)c1ccc(-c2nnn[n-]2)cc1.[Na+].[Na+]. The predicted octanol–water partition coefficient (Wildman–Crippen LogP) is -4.47. The van der Waals surface area contributed by atoms with Gasteiger partial charge in [-0.3, -0.25) is 10.3 Å². The molecule has 1 N–H and O–H groups in total. The quantitative estimate of drug-likeness (QED) is 0.351. The van der Waals surface area contributed by atoms with E-state index in [0.29, 0.717) is 22.9 Å². The fourth-order valence-electron chi connectivity index (χ4n) is 2.17. The van der Waals surface area contributed by atoms with E-state index in [2.05, 4.69) is 46.6 Å². The fourth-order valence-corrected chi connectivity index (χ4v) is 2.17. The van der Waals surface area contributed by atoms with Crippen molar-refractivity contribution in [2.24, 2.45) is 0 Å². The van der Waals surface area contributed by atoms with Gasteiger partial charge in [-0.1, -0.05) is 48.5 Å². The molecule has 0 radical (unpaired) electrons. The molecule has 0 bridgehead atoms. The van der Waals surface area contributed by atoms with Crippen molar-refractivity contribution in [3.05, 3.63) is 59.4 Å². The molecule has 0 unspecified atom stereocenters. The van der Waals surface area contributed by atoms with Crippen molar-refractivity contribution in [2.75, 3.05) is 0 Å². The maximum atomic E-state index is 12.3. The second-order valence-electron chi connectivity index (χ2n) is 4.98. The number of hydrogen-bond acceptors (Lipinski definition) is 7. The summed E-state index contributed by atoms with van der Waals surface area (Å²) in [6, 6.07) is 13.7. The summed E-state index contributed by atoms with van der Waals surface area (Å²) in [7, 11) is 0. The number of carbonyl (C=O) groups excluding carboxylic acids is 1. The second-order valence-corrected chi connectivity index (χ2v) is 4.98. The zero-order chi connectivity index (χ0) is 17.1. The van der Waals surface area contributed by atoms with E-state index in [1.165, 1.54) is 0 Å². The van der Waals surface area contributed by atoms with Crippen LogP contribution in [0.4, 0.5) is 5.69 Å². The summed E-state index contributed by atoms with van der Waals surface area (Å²) in [4.78, 5) is 12.3. The van der Waals surface area contributed by atoms with Gasteiger partial charge in [0.1, 0.15) is 0 Å². The molecular weight excluding hydrogens is 368 g/mol. The van der Waals surface area contributed by atoms with Crippen LogP contribution in [0.1, 0.15) is 10.4 Å². The van der Waals surface area contributed by atoms with Crippen LogP contribution in [0.25, 0.3) is 28.1 Å². The maximum Gasteiger partial charge on any atom is 1.00 e. The van der Waals surface area contributed by atoms with E-state index >= 15 is 0 Å². The number of H-pyrrole nitrogens is 1. The van der Waals surface area contributed by atoms with E-state index in [-0.39, 0.29) is 65.0 Å². The third kappa shape index (κ3) is 5.06. The summed E-state index contributed by atoms with van der Waals surface area (Å²) in [6.45, 7) is 0. The van der Waals surface area contributed by atoms with E-state index in [1.54, 1.807) is 48.5 Å². The number of carbonyl (C=O) groups is 1. The van der Waals surface area contributed by atoms with Gasteiger partial charge in [-0.15, -0.1) is 15.9 Å². The summed E-state index contributed by atoms with van der Waals surface area (Å²) < 4.78 is 0. The van der Waals surface area contributed by atoms with E-state index in [1.807, 2.05) is 0 Å². The number of rotatable bonds is 4. The number of aromatic amines is 1. The van der Waals surface area contributed by atoms with Gasteiger partial charge in [0.25, 0.3) is 0 Å². The van der Waals surface area contributed by atoms with Crippen molar-refractivity contribution in [1.29, 1.82) is 0 Å². The molecule has 0 fully saturated rings. The molecule has 1 amide bonds. The minimum Gasteiger partial charge on any atom is -0.623 e. The molecule has 122 valence electrons. The summed E-state index contributed by atoms with van der Waals surface area (Å²) in [5.74, 6) is 0.540. The third-order valence-corrected chi connectivity index (χ3v) is 3.41. The summed E-state index contributed by atoms with van der Waals surface area (Å²) >= 11 is 0. The molecule has 2 aromatic carbocycles. The van der Waals surface area contributed by atoms with Gasteiger partial charge in [0.05, 0.1) is 5.91 Å². The van der Waals surface area contributed by atoms with Crippen LogP contribution in [0, 0.1) is 0 Å². The molecule has 0 spiro atoms. The van der Waals surface area contributed by atoms with Crippen LogP contribution in [0.3, 0.4) is 0 Å². The van der Waals surface area contributed by atoms with Crippen LogP contribution in [0.15, 0.2) is 48.5 Å². The number of amides is 1. The molecule has 0 aliphatic heterocycles. The summed E-state index contributed by atoms with van der Waals surface area (Å²) in [5.41, 5.74) is 2.50. The largest absolute Gasteiger partial charge is 1.00 e. The van der Waals surface area contributed by atoms with E-state index in [4.69, 9.17) is 0 Å². The molecule has 0 aliphatic carbocycles. The van der Waals surface area contributed by atoms with Gasteiger partial charge in [-0.2, -0.15) is 10.4 Å². The molecular formula is C15H9N9Na2O. The molecule has 0 saturated heterocycles. The zero-order valence-electron chi connectivity index (χ0n) is 14.6. The maximum absolute atomic E-state index is 12.3. The Hall–Kier alpha value is -1.95. The molecule has 2 heterocycles. The minimum atomic E-state index is -0.349. The number of benzene rings is 2. The first-order valence-electron chi connectivity index (χ1n) is 7.19. The van der Waals surface area contributed by atoms with Crippen LogP contribution in [-0.4, -0.2) is 42.1 Å². The molecule has 0 saturated carbocycles. The van der Waals surface area contributed by atoms with Gasteiger partial charge in [0.15, 0.2) is 0 Å². The Morgan fingerprint density at radius 1 is 0.926 bits per heavy atom. The minimum absolute atomic E-state index is 0. The van der Waals surface area contributed by atoms with Gasteiger partial charge >= 0.3 is 59.1 Å². The predicted molar refractivity (Wildman–Crippen MR) is 85.5 cm³/mol. The van der Waals surface area contributed by atoms with E-state index in [0.717, 1.165) is 11.1 Å². The summed E-state index contributed by atoms with van der Waals surface area (Å²) in [5, 5.41) is 32.1. The standard InChI is InChI=1S/C15H10N9O.2Na/c25-15(11-3-1-9(2-4-11)13-17-21-22-18-13)16-12-7-5-10(6-8-12)14-19-23-24-20-14;;/h1-8H,(H2-,16,17,18,19,20,21,22,23,24,25);;/q-1;2*+1/p-1. The number of nitrogens with zero attached hydrogens (tertiary/aromatic N) is 8. The number of nitrogens with one attached hydrogen (secondary N) is 1. The van der Waals surface area contributed by atoms with Crippen LogP contribution in [0.5, 0.6) is 0 Å². The average molecular weight is 377 g/mol. The van der Waals surface area contributed by atoms with Crippen molar-refractivity contribution < 1.29 is 63.9 Å². The van der Waals surface area contributed by atoms with Crippen LogP contribution in [-0.2, 0) is 0 Å². The van der Waals surface area contributed by atoms with Gasteiger partial charge in [-0.25, -0.2) is 0 Å². The number of aromatic nitrogens is 8. The Morgan fingerprint density at radius 2 is 1.63 bits per heavy atom. The molecule has 0 aliphatic rings. The van der Waals surface area contributed by atoms with E-state index in [9.17, 15) is 4.79 Å². The van der Waals surface area contributed by atoms with Crippen LogP contribution < -0.4 is 64.2 Å². The fraction of sp³-hybridized carbons (Fsp3) is 0. The average Bonchev–Trinajstić information content (AvgIpc) is 3.36. The monoisotopic (exact) mass is 377 g/mol. The molecule has 10 nitrogen and oxygen atoms in total. The normalized spacial score (nSPS) is 9.78. The number of tetrazole rings is 2. The number of hydrogen-bond donors (Lipinski definition) is 1. The van der Waals surface area contributed by atoms with Crippen molar-refractivity contribution in [1.82, 2.24) is 41.2 Å².